The van der Waals surface area contributed by atoms with Crippen LogP contribution in [0.3, 0.4) is 0 Å². The topological polar surface area (TPSA) is 35.5 Å². The van der Waals surface area contributed by atoms with Gasteiger partial charge in [0.1, 0.15) is 0 Å². The summed E-state index contributed by atoms with van der Waals surface area (Å²) in [6.07, 6.45) is 7.57. The molecule has 1 heterocycles. The number of hydrogen-bond acceptors (Lipinski definition) is 3. The molecule has 3 nitrogen and oxygen atoms in total. The summed E-state index contributed by atoms with van der Waals surface area (Å²) in [4.78, 5) is 2.73. The Labute approximate surface area is 131 Å². The molecule has 2 rings (SSSR count). The van der Waals surface area contributed by atoms with Crippen LogP contribution in [0.25, 0.3) is 0 Å². The predicted molar refractivity (Wildman–Crippen MR) is 89.4 cm³/mol. The van der Waals surface area contributed by atoms with Crippen LogP contribution in [0.4, 0.5) is 0 Å². The Hall–Kier alpha value is -0.120. The second kappa shape index (κ2) is 8.50. The summed E-state index contributed by atoms with van der Waals surface area (Å²) in [5, 5.41) is 12.8. The molecule has 0 aromatic heterocycles. The Morgan fingerprint density at radius 3 is 2.76 bits per heavy atom. The number of nitrogens with zero attached hydrogens (tertiary/aromatic N) is 1. The Kier molecular flexibility index (Phi) is 6.97. The maximum absolute atomic E-state index is 9.09. The zero-order valence-electron chi connectivity index (χ0n) is 14.4. The zero-order valence-corrected chi connectivity index (χ0v) is 14.4. The molecule has 1 saturated heterocycles. The molecule has 3 heteroatoms. The predicted octanol–water partition coefficient (Wildman–Crippen LogP) is 2.88. The van der Waals surface area contributed by atoms with Crippen molar-refractivity contribution in [3.8, 4) is 0 Å². The highest BCUT2D eigenvalue weighted by molar-refractivity contribution is 4.91. The summed E-state index contributed by atoms with van der Waals surface area (Å²) in [5.41, 5.74) is 0. The van der Waals surface area contributed by atoms with Gasteiger partial charge in [-0.1, -0.05) is 20.8 Å². The Morgan fingerprint density at radius 2 is 2.05 bits per heavy atom. The van der Waals surface area contributed by atoms with Gasteiger partial charge in [-0.15, -0.1) is 0 Å². The van der Waals surface area contributed by atoms with Gasteiger partial charge in [0.2, 0.25) is 0 Å². The normalized spacial score (nSPS) is 38.0. The molecule has 21 heavy (non-hydrogen) atoms. The minimum atomic E-state index is 0.349. The Bertz CT molecular complexity index is 297. The van der Waals surface area contributed by atoms with Crippen LogP contribution in [0.2, 0.25) is 0 Å². The largest absolute Gasteiger partial charge is 0.396 e. The van der Waals surface area contributed by atoms with Gasteiger partial charge < -0.3 is 15.3 Å². The van der Waals surface area contributed by atoms with Gasteiger partial charge in [-0.2, -0.15) is 0 Å². The lowest BCUT2D eigenvalue weighted by molar-refractivity contribution is 0.0925. The number of likely N-dealkylation sites (tertiary alicyclic amines) is 1. The molecule has 0 bridgehead atoms. The summed E-state index contributed by atoms with van der Waals surface area (Å²) in [6, 6.07) is 1.43. The summed E-state index contributed by atoms with van der Waals surface area (Å²) in [5.74, 6) is 2.50. The zero-order chi connectivity index (χ0) is 15.2. The lowest BCUT2D eigenvalue weighted by Gasteiger charge is -2.43. The van der Waals surface area contributed by atoms with Crippen LogP contribution >= 0.6 is 0 Å². The first kappa shape index (κ1) is 17.2. The van der Waals surface area contributed by atoms with Crippen molar-refractivity contribution in [1.29, 1.82) is 0 Å². The van der Waals surface area contributed by atoms with E-state index in [1.54, 1.807) is 0 Å². The van der Waals surface area contributed by atoms with Gasteiger partial charge in [-0.05, 0) is 69.4 Å². The third-order valence-electron chi connectivity index (χ3n) is 5.78. The second-order valence-electron chi connectivity index (χ2n) is 7.54. The van der Waals surface area contributed by atoms with E-state index in [0.717, 1.165) is 36.8 Å². The van der Waals surface area contributed by atoms with Crippen molar-refractivity contribution in [2.45, 2.75) is 71.4 Å². The molecule has 2 fully saturated rings. The average molecular weight is 296 g/mol. The first-order valence-electron chi connectivity index (χ1n) is 9.24. The summed E-state index contributed by atoms with van der Waals surface area (Å²) in [7, 11) is 0. The highest BCUT2D eigenvalue weighted by atomic mass is 16.2. The molecule has 0 amide bonds. The van der Waals surface area contributed by atoms with Gasteiger partial charge >= 0.3 is 0 Å². The quantitative estimate of drug-likeness (QED) is 0.758. The summed E-state index contributed by atoms with van der Waals surface area (Å²) in [6.45, 7) is 11.1. The summed E-state index contributed by atoms with van der Waals surface area (Å²) >= 11 is 0. The van der Waals surface area contributed by atoms with Gasteiger partial charge in [-0.25, -0.2) is 0 Å². The molecule has 1 aliphatic heterocycles. The van der Waals surface area contributed by atoms with Crippen molar-refractivity contribution < 1.29 is 5.11 Å². The average Bonchev–Trinajstić information content (AvgIpc) is 2.88. The highest BCUT2D eigenvalue weighted by Crippen LogP contribution is 2.36. The van der Waals surface area contributed by atoms with Gasteiger partial charge in [-0.3, -0.25) is 0 Å². The molecule has 2 aliphatic rings. The van der Waals surface area contributed by atoms with E-state index in [0.29, 0.717) is 12.6 Å². The highest BCUT2D eigenvalue weighted by Gasteiger charge is 2.36. The fourth-order valence-corrected chi connectivity index (χ4v) is 4.77. The molecule has 2 N–H and O–H groups in total. The van der Waals surface area contributed by atoms with E-state index < -0.39 is 0 Å². The van der Waals surface area contributed by atoms with Crippen LogP contribution in [-0.4, -0.2) is 48.3 Å². The van der Waals surface area contributed by atoms with Crippen LogP contribution in [0.5, 0.6) is 0 Å². The maximum atomic E-state index is 9.09. The smallest absolute Gasteiger partial charge is 0.0431 e. The van der Waals surface area contributed by atoms with Crippen LogP contribution in [0, 0.1) is 17.8 Å². The van der Waals surface area contributed by atoms with E-state index in [9.17, 15) is 0 Å². The second-order valence-corrected chi connectivity index (χ2v) is 7.54. The fraction of sp³-hybridized carbons (Fsp3) is 1.00. The van der Waals surface area contributed by atoms with Gasteiger partial charge in [0.05, 0.1) is 0 Å². The standard InChI is InChI=1S/C18H36N2O/c1-4-19-18-12-14(2)11-15(3)17(18)13-20-9-5-7-16(20)8-6-10-21/h14-19,21H,4-13H2,1-3H3. The molecule has 5 atom stereocenters. The van der Waals surface area contributed by atoms with Crippen LogP contribution < -0.4 is 5.32 Å². The van der Waals surface area contributed by atoms with Gasteiger partial charge in [0, 0.05) is 25.2 Å². The lowest BCUT2D eigenvalue weighted by Crippen LogP contribution is -2.49. The van der Waals surface area contributed by atoms with Crippen molar-refractivity contribution in [2.24, 2.45) is 17.8 Å². The molecule has 0 aromatic rings. The van der Waals surface area contributed by atoms with E-state index in [-0.39, 0.29) is 0 Å². The first-order valence-corrected chi connectivity index (χ1v) is 9.24. The number of rotatable bonds is 7. The fourth-order valence-electron chi connectivity index (χ4n) is 4.77. The van der Waals surface area contributed by atoms with Crippen molar-refractivity contribution in [3.05, 3.63) is 0 Å². The van der Waals surface area contributed by atoms with Gasteiger partial charge in [0.15, 0.2) is 0 Å². The molecule has 124 valence electrons. The van der Waals surface area contributed by atoms with E-state index in [2.05, 4.69) is 31.0 Å². The third kappa shape index (κ3) is 4.67. The third-order valence-corrected chi connectivity index (χ3v) is 5.78. The maximum Gasteiger partial charge on any atom is 0.0431 e. The molecule has 1 aliphatic carbocycles. The molecule has 1 saturated carbocycles. The van der Waals surface area contributed by atoms with Gasteiger partial charge in [0.25, 0.3) is 0 Å². The molecular weight excluding hydrogens is 260 g/mol. The Balaban J connectivity index is 1.94. The van der Waals surface area contributed by atoms with Crippen molar-refractivity contribution in [1.82, 2.24) is 10.2 Å². The first-order chi connectivity index (χ1) is 10.2. The number of nitrogens with one attached hydrogen (secondary N) is 1. The Morgan fingerprint density at radius 1 is 1.24 bits per heavy atom. The lowest BCUT2D eigenvalue weighted by atomic mass is 9.72. The van der Waals surface area contributed by atoms with E-state index in [1.165, 1.54) is 45.2 Å². The number of aliphatic hydroxyl groups excluding tert-OH is 1. The molecule has 0 aromatic carbocycles. The monoisotopic (exact) mass is 296 g/mol. The minimum Gasteiger partial charge on any atom is -0.396 e. The molecular formula is C18H36N2O. The molecule has 0 radical (unpaired) electrons. The van der Waals surface area contributed by atoms with Crippen LogP contribution in [0.15, 0.2) is 0 Å². The SMILES string of the molecule is CCNC1CC(C)CC(C)C1CN1CCCC1CCCO. The van der Waals surface area contributed by atoms with E-state index in [1.807, 2.05) is 0 Å². The minimum absolute atomic E-state index is 0.349. The van der Waals surface area contributed by atoms with Crippen LogP contribution in [0.1, 0.15) is 59.3 Å². The number of hydrogen-bond donors (Lipinski definition) is 2. The van der Waals surface area contributed by atoms with Crippen molar-refractivity contribution in [3.63, 3.8) is 0 Å². The number of aliphatic hydroxyl groups is 1. The van der Waals surface area contributed by atoms with Crippen LogP contribution in [-0.2, 0) is 0 Å². The van der Waals surface area contributed by atoms with E-state index in [4.69, 9.17) is 5.11 Å². The molecule has 5 unspecified atom stereocenters. The van der Waals surface area contributed by atoms with Crippen molar-refractivity contribution >= 4 is 0 Å². The van der Waals surface area contributed by atoms with Crippen molar-refractivity contribution in [2.75, 3.05) is 26.2 Å². The molecule has 0 spiro atoms. The summed E-state index contributed by atoms with van der Waals surface area (Å²) < 4.78 is 0. The van der Waals surface area contributed by atoms with E-state index >= 15 is 0 Å².